The highest BCUT2D eigenvalue weighted by atomic mass is 28.3. The van der Waals surface area contributed by atoms with Gasteiger partial charge in [0.15, 0.2) is 0 Å². The Hall–Kier alpha value is -2.00. The molecule has 96 valence electrons. The zero-order valence-electron chi connectivity index (χ0n) is 11.1. The fourth-order valence-electron chi connectivity index (χ4n) is 2.48. The Bertz CT molecular complexity index is 564. The topological polar surface area (TPSA) is 34.1 Å². The molecule has 0 unspecified atom stereocenters. The quantitative estimate of drug-likeness (QED) is 0.629. The molecule has 0 fully saturated rings. The average Bonchev–Trinajstić information content (AvgIpc) is 2.47. The van der Waals surface area contributed by atoms with Gasteiger partial charge >= 0.3 is 0 Å². The number of hydrogen-bond donors (Lipinski definition) is 0. The highest BCUT2D eigenvalue weighted by molar-refractivity contribution is 7.01. The fraction of sp³-hybridized carbons (Fsp3) is 0.125. The van der Waals surface area contributed by atoms with Gasteiger partial charge in [-0.15, -0.1) is 0 Å². The largest absolute Gasteiger partial charge is 0.298 e. The summed E-state index contributed by atoms with van der Waals surface area (Å²) < 4.78 is 0. The first-order valence-electron chi connectivity index (χ1n) is 6.20. The summed E-state index contributed by atoms with van der Waals surface area (Å²) in [6, 6.07) is 15.3. The van der Waals surface area contributed by atoms with Crippen molar-refractivity contribution in [1.29, 1.82) is 0 Å². The molecule has 0 aromatic heterocycles. The van der Waals surface area contributed by atoms with Crippen molar-refractivity contribution in [1.82, 2.24) is 0 Å². The molecule has 0 N–H and O–H groups in total. The number of benzene rings is 2. The molecule has 0 bridgehead atoms. The predicted octanol–water partition coefficient (Wildman–Crippen LogP) is 2.13. The summed E-state index contributed by atoms with van der Waals surface area (Å²) in [5, 5.41) is 2.14. The first kappa shape index (κ1) is 13.4. The van der Waals surface area contributed by atoms with Crippen LogP contribution in [0, 0.1) is 0 Å². The molecule has 2 nitrogen and oxygen atoms in total. The van der Waals surface area contributed by atoms with Crippen molar-refractivity contribution >= 4 is 31.0 Å². The van der Waals surface area contributed by atoms with E-state index < -0.39 is 8.07 Å². The first-order chi connectivity index (χ1) is 9.11. The smallest absolute Gasteiger partial charge is 0.149 e. The normalized spacial score (nSPS) is 11.1. The van der Waals surface area contributed by atoms with Gasteiger partial charge in [-0.3, -0.25) is 9.59 Å². The van der Waals surface area contributed by atoms with Crippen LogP contribution < -0.4 is 10.4 Å². The van der Waals surface area contributed by atoms with Crippen LogP contribution in [0.1, 0.15) is 20.7 Å². The molecular weight excluding hydrogens is 252 g/mol. The summed E-state index contributed by atoms with van der Waals surface area (Å²) in [5.41, 5.74) is 1.44. The maximum absolute atomic E-state index is 11.2. The van der Waals surface area contributed by atoms with Gasteiger partial charge in [-0.25, -0.2) is 0 Å². The van der Waals surface area contributed by atoms with Crippen LogP contribution in [0.15, 0.2) is 48.5 Å². The van der Waals surface area contributed by atoms with Crippen LogP contribution in [0.4, 0.5) is 0 Å². The van der Waals surface area contributed by atoms with Crippen LogP contribution >= 0.6 is 0 Å². The van der Waals surface area contributed by atoms with Gasteiger partial charge in [-0.1, -0.05) is 61.6 Å². The molecule has 0 aliphatic carbocycles. The Morgan fingerprint density at radius 1 is 0.737 bits per heavy atom. The van der Waals surface area contributed by atoms with Crippen molar-refractivity contribution < 1.29 is 9.59 Å². The summed E-state index contributed by atoms with van der Waals surface area (Å²) in [6.07, 6.45) is 1.79. The third-order valence-electron chi connectivity index (χ3n) is 3.52. The molecule has 0 amide bonds. The van der Waals surface area contributed by atoms with Crippen LogP contribution in [0.3, 0.4) is 0 Å². The zero-order valence-corrected chi connectivity index (χ0v) is 12.1. The van der Waals surface area contributed by atoms with Crippen molar-refractivity contribution in [2.75, 3.05) is 0 Å². The van der Waals surface area contributed by atoms with Crippen LogP contribution in [0.25, 0.3) is 0 Å². The van der Waals surface area contributed by atoms with Gasteiger partial charge in [0.2, 0.25) is 0 Å². The molecule has 2 aromatic rings. The number of carbonyl (C=O) groups excluding carboxylic acids is 2. The minimum atomic E-state index is -2.05. The van der Waals surface area contributed by atoms with E-state index in [0.29, 0.717) is 0 Å². The van der Waals surface area contributed by atoms with E-state index in [1.54, 1.807) is 0 Å². The summed E-state index contributed by atoms with van der Waals surface area (Å²) in [5.74, 6) is 0. The third kappa shape index (κ3) is 2.42. The molecule has 0 saturated carbocycles. The molecule has 0 aliphatic heterocycles. The Morgan fingerprint density at radius 2 is 1.11 bits per heavy atom. The Morgan fingerprint density at radius 3 is 1.47 bits per heavy atom. The summed E-state index contributed by atoms with van der Waals surface area (Å²) in [6.45, 7) is 4.33. The molecule has 19 heavy (non-hydrogen) atoms. The second-order valence-corrected chi connectivity index (χ2v) is 9.36. The lowest BCUT2D eigenvalue weighted by atomic mass is 10.2. The van der Waals surface area contributed by atoms with Gasteiger partial charge in [-0.2, -0.15) is 0 Å². The van der Waals surface area contributed by atoms with E-state index in [0.717, 1.165) is 34.1 Å². The highest BCUT2D eigenvalue weighted by Gasteiger charge is 2.30. The van der Waals surface area contributed by atoms with E-state index in [-0.39, 0.29) is 0 Å². The minimum Gasteiger partial charge on any atom is -0.298 e. The molecule has 0 spiro atoms. The van der Waals surface area contributed by atoms with Crippen molar-refractivity contribution in [2.45, 2.75) is 13.1 Å². The number of aldehydes is 2. The first-order valence-corrected chi connectivity index (χ1v) is 9.20. The van der Waals surface area contributed by atoms with Gasteiger partial charge in [0.05, 0.1) is 0 Å². The molecule has 0 saturated heterocycles. The van der Waals surface area contributed by atoms with E-state index in [2.05, 4.69) is 13.1 Å². The number of carbonyl (C=O) groups is 2. The molecule has 2 aromatic carbocycles. The number of rotatable bonds is 4. The average molecular weight is 268 g/mol. The Balaban J connectivity index is 2.64. The lowest BCUT2D eigenvalue weighted by Gasteiger charge is -2.26. The molecule has 0 radical (unpaired) electrons. The molecular formula is C16H16O2Si. The molecule has 2 rings (SSSR count). The number of hydrogen-bond acceptors (Lipinski definition) is 2. The van der Waals surface area contributed by atoms with E-state index in [1.165, 1.54) is 0 Å². The van der Waals surface area contributed by atoms with Crippen molar-refractivity contribution in [3.8, 4) is 0 Å². The highest BCUT2D eigenvalue weighted by Crippen LogP contribution is 2.09. The summed E-state index contributed by atoms with van der Waals surface area (Å²) >= 11 is 0. The standard InChI is InChI=1S/C16H16O2Si/c1-19(2,15-9-5-3-7-13(15)11-17)16-10-6-4-8-14(16)12-18/h3-12H,1-2H3. The van der Waals surface area contributed by atoms with E-state index in [4.69, 9.17) is 0 Å². The van der Waals surface area contributed by atoms with Gasteiger partial charge in [0, 0.05) is 11.1 Å². The maximum Gasteiger partial charge on any atom is 0.149 e. The molecule has 0 aliphatic rings. The second kappa shape index (κ2) is 5.32. The monoisotopic (exact) mass is 268 g/mol. The van der Waals surface area contributed by atoms with E-state index in [9.17, 15) is 9.59 Å². The van der Waals surface area contributed by atoms with Crippen LogP contribution in [0.2, 0.25) is 13.1 Å². The Kier molecular flexibility index (Phi) is 3.76. The van der Waals surface area contributed by atoms with Gasteiger partial charge in [0.1, 0.15) is 20.6 Å². The van der Waals surface area contributed by atoms with Crippen molar-refractivity contribution in [3.63, 3.8) is 0 Å². The van der Waals surface area contributed by atoms with Crippen LogP contribution in [-0.2, 0) is 0 Å². The SMILES string of the molecule is C[Si](C)(c1ccccc1C=O)c1ccccc1C=O. The van der Waals surface area contributed by atoms with E-state index >= 15 is 0 Å². The van der Waals surface area contributed by atoms with Crippen LogP contribution in [-0.4, -0.2) is 20.6 Å². The predicted molar refractivity (Wildman–Crippen MR) is 80.4 cm³/mol. The summed E-state index contributed by atoms with van der Waals surface area (Å²) in [7, 11) is -2.05. The minimum absolute atomic E-state index is 0.722. The van der Waals surface area contributed by atoms with E-state index in [1.807, 2.05) is 48.5 Å². The zero-order chi connectivity index (χ0) is 13.9. The third-order valence-corrected chi connectivity index (χ3v) is 7.13. The van der Waals surface area contributed by atoms with Crippen molar-refractivity contribution in [3.05, 3.63) is 59.7 Å². The fourth-order valence-corrected chi connectivity index (χ4v) is 5.53. The van der Waals surface area contributed by atoms with Gasteiger partial charge in [0.25, 0.3) is 0 Å². The molecule has 0 atom stereocenters. The second-order valence-electron chi connectivity index (χ2n) is 5.04. The molecule has 0 heterocycles. The maximum atomic E-state index is 11.2. The molecule has 3 heteroatoms. The van der Waals surface area contributed by atoms with Gasteiger partial charge < -0.3 is 0 Å². The van der Waals surface area contributed by atoms with Crippen molar-refractivity contribution in [2.24, 2.45) is 0 Å². The van der Waals surface area contributed by atoms with Crippen LogP contribution in [0.5, 0.6) is 0 Å². The van der Waals surface area contributed by atoms with Gasteiger partial charge in [-0.05, 0) is 10.4 Å². The summed E-state index contributed by atoms with van der Waals surface area (Å²) in [4.78, 5) is 22.4. The lowest BCUT2D eigenvalue weighted by molar-refractivity contribution is 0.111. The lowest BCUT2D eigenvalue weighted by Crippen LogP contribution is -2.55. The Labute approximate surface area is 114 Å².